The van der Waals surface area contributed by atoms with Gasteiger partial charge in [-0.25, -0.2) is 13.4 Å². The van der Waals surface area contributed by atoms with E-state index in [0.717, 1.165) is 15.4 Å². The molecule has 0 saturated carbocycles. The van der Waals surface area contributed by atoms with E-state index in [1.54, 1.807) is 12.5 Å². The lowest BCUT2D eigenvalue weighted by molar-refractivity contribution is -0.121. The number of hydrogen-bond donors (Lipinski definition) is 1. The smallest absolute Gasteiger partial charge is 0.243 e. The van der Waals surface area contributed by atoms with Gasteiger partial charge in [-0.05, 0) is 35.4 Å². The summed E-state index contributed by atoms with van der Waals surface area (Å²) in [7, 11) is -2.40. The Balaban J connectivity index is 1.61. The zero-order valence-electron chi connectivity index (χ0n) is 15.8. The largest absolute Gasteiger partial charge is 0.351 e. The van der Waals surface area contributed by atoms with Crippen molar-refractivity contribution in [1.82, 2.24) is 19.2 Å². The van der Waals surface area contributed by atoms with Gasteiger partial charge in [-0.15, -0.1) is 0 Å². The van der Waals surface area contributed by atoms with Crippen molar-refractivity contribution in [1.29, 1.82) is 0 Å². The van der Waals surface area contributed by atoms with Crippen LogP contribution in [0.15, 0.2) is 72.1 Å². The van der Waals surface area contributed by atoms with Gasteiger partial charge in [0.25, 0.3) is 0 Å². The van der Waals surface area contributed by atoms with E-state index in [1.807, 2.05) is 35.0 Å². The first kappa shape index (κ1) is 21.0. The molecule has 0 aliphatic carbocycles. The van der Waals surface area contributed by atoms with Crippen LogP contribution in [0.2, 0.25) is 5.02 Å². The number of likely N-dealkylation sites (N-methyl/N-ethyl adjacent to an activating group) is 1. The van der Waals surface area contributed by atoms with E-state index in [2.05, 4.69) is 10.3 Å². The molecule has 0 spiro atoms. The minimum absolute atomic E-state index is 0.0860. The fraction of sp³-hybridized carbons (Fsp3) is 0.200. The molecule has 3 aromatic rings. The summed E-state index contributed by atoms with van der Waals surface area (Å²) in [5, 5.41) is 3.23. The molecule has 1 N–H and O–H groups in total. The zero-order chi connectivity index (χ0) is 20.9. The first-order chi connectivity index (χ1) is 13.9. The highest BCUT2D eigenvalue weighted by Gasteiger charge is 2.22. The number of rotatable bonds is 8. The topological polar surface area (TPSA) is 84.3 Å². The molecule has 1 aromatic heterocycles. The number of aromatic nitrogens is 2. The van der Waals surface area contributed by atoms with E-state index in [9.17, 15) is 13.2 Å². The Labute approximate surface area is 175 Å². The molecule has 0 unspecified atom stereocenters. The predicted octanol–water partition coefficient (Wildman–Crippen LogP) is 2.52. The van der Waals surface area contributed by atoms with Crippen LogP contribution in [0.3, 0.4) is 0 Å². The van der Waals surface area contributed by atoms with Gasteiger partial charge in [0.15, 0.2) is 0 Å². The second kappa shape index (κ2) is 9.21. The number of carbonyl (C=O) groups is 1. The molecule has 0 atom stereocenters. The summed E-state index contributed by atoms with van der Waals surface area (Å²) in [4.78, 5) is 16.5. The Morgan fingerprint density at radius 2 is 1.83 bits per heavy atom. The quantitative estimate of drug-likeness (QED) is 0.592. The number of nitrogens with one attached hydrogen (secondary N) is 1. The number of sulfonamides is 1. The average molecular weight is 433 g/mol. The molecule has 0 saturated heterocycles. The molecular formula is C20H21ClN4O3S. The first-order valence-corrected chi connectivity index (χ1v) is 10.7. The summed E-state index contributed by atoms with van der Waals surface area (Å²) in [6, 6.07) is 13.6. The fourth-order valence-electron chi connectivity index (χ4n) is 2.78. The highest BCUT2D eigenvalue weighted by Crippen LogP contribution is 2.17. The summed E-state index contributed by atoms with van der Waals surface area (Å²) in [6.45, 7) is 0.657. The molecule has 2 aromatic carbocycles. The van der Waals surface area contributed by atoms with Gasteiger partial charge in [0, 0.05) is 37.6 Å². The van der Waals surface area contributed by atoms with Crippen molar-refractivity contribution in [2.45, 2.75) is 18.0 Å². The third-order valence-corrected chi connectivity index (χ3v) is 6.46. The van der Waals surface area contributed by atoms with Gasteiger partial charge in [-0.1, -0.05) is 35.9 Å². The van der Waals surface area contributed by atoms with Gasteiger partial charge in [-0.3, -0.25) is 4.79 Å². The number of halogens is 1. The summed E-state index contributed by atoms with van der Waals surface area (Å²) in [5.74, 6) is -0.387. The molecule has 0 fully saturated rings. The van der Waals surface area contributed by atoms with Crippen LogP contribution in [-0.4, -0.2) is 41.8 Å². The van der Waals surface area contributed by atoms with E-state index in [1.165, 1.54) is 31.3 Å². The minimum atomic E-state index is -3.77. The third kappa shape index (κ3) is 5.44. The van der Waals surface area contributed by atoms with Crippen LogP contribution in [0.25, 0.3) is 0 Å². The molecule has 0 aliphatic rings. The molecule has 7 nitrogen and oxygen atoms in total. The summed E-state index contributed by atoms with van der Waals surface area (Å²) < 4.78 is 28.1. The summed E-state index contributed by atoms with van der Waals surface area (Å²) in [6.07, 6.45) is 5.30. The van der Waals surface area contributed by atoms with Gasteiger partial charge >= 0.3 is 0 Å². The van der Waals surface area contributed by atoms with Crippen LogP contribution >= 0.6 is 11.6 Å². The molecule has 0 aliphatic heterocycles. The molecule has 0 radical (unpaired) electrons. The Bertz CT molecular complexity index is 1070. The summed E-state index contributed by atoms with van der Waals surface area (Å²) in [5.41, 5.74) is 2.01. The average Bonchev–Trinajstić information content (AvgIpc) is 3.20. The van der Waals surface area contributed by atoms with E-state index in [-0.39, 0.29) is 17.3 Å². The molecule has 1 amide bonds. The Morgan fingerprint density at radius 1 is 1.14 bits per heavy atom. The number of amides is 1. The van der Waals surface area contributed by atoms with Crippen molar-refractivity contribution in [3.63, 3.8) is 0 Å². The van der Waals surface area contributed by atoms with Crippen LogP contribution in [0, 0.1) is 0 Å². The van der Waals surface area contributed by atoms with Crippen LogP contribution in [0.1, 0.15) is 11.1 Å². The van der Waals surface area contributed by atoms with Crippen molar-refractivity contribution < 1.29 is 13.2 Å². The van der Waals surface area contributed by atoms with Crippen LogP contribution in [-0.2, 0) is 27.9 Å². The molecule has 152 valence electrons. The Morgan fingerprint density at radius 3 is 2.48 bits per heavy atom. The van der Waals surface area contributed by atoms with Gasteiger partial charge in [0.05, 0.1) is 17.8 Å². The monoisotopic (exact) mass is 432 g/mol. The lowest BCUT2D eigenvalue weighted by Crippen LogP contribution is -2.38. The number of benzene rings is 2. The van der Waals surface area contributed by atoms with Crippen molar-refractivity contribution in [2.75, 3.05) is 13.6 Å². The predicted molar refractivity (Wildman–Crippen MR) is 111 cm³/mol. The maximum atomic E-state index is 12.6. The maximum absolute atomic E-state index is 12.6. The highest BCUT2D eigenvalue weighted by molar-refractivity contribution is 7.89. The maximum Gasteiger partial charge on any atom is 0.243 e. The number of nitrogens with zero attached hydrogens (tertiary/aromatic N) is 3. The molecular weight excluding hydrogens is 412 g/mol. The highest BCUT2D eigenvalue weighted by atomic mass is 35.5. The third-order valence-electron chi connectivity index (χ3n) is 4.39. The summed E-state index contributed by atoms with van der Waals surface area (Å²) >= 11 is 5.80. The van der Waals surface area contributed by atoms with E-state index in [0.29, 0.717) is 18.1 Å². The molecule has 29 heavy (non-hydrogen) atoms. The zero-order valence-corrected chi connectivity index (χ0v) is 17.4. The second-order valence-electron chi connectivity index (χ2n) is 6.50. The van der Waals surface area contributed by atoms with Crippen molar-refractivity contribution in [3.8, 4) is 0 Å². The Hall–Kier alpha value is -2.68. The van der Waals surface area contributed by atoms with Crippen LogP contribution in [0.5, 0.6) is 0 Å². The van der Waals surface area contributed by atoms with Crippen LogP contribution < -0.4 is 5.32 Å². The van der Waals surface area contributed by atoms with Crippen LogP contribution in [0.4, 0.5) is 0 Å². The lowest BCUT2D eigenvalue weighted by atomic mass is 10.1. The first-order valence-electron chi connectivity index (χ1n) is 8.87. The lowest BCUT2D eigenvalue weighted by Gasteiger charge is -2.17. The standard InChI is InChI=1S/C20H21ClN4O3S/c1-24(29(27,28)19-8-6-18(21)7-9-19)14-20(26)23-12-16-4-2-3-5-17(16)13-25-11-10-22-15-25/h2-11,15H,12-14H2,1H3,(H,23,26). The van der Waals surface area contributed by atoms with E-state index >= 15 is 0 Å². The second-order valence-corrected chi connectivity index (χ2v) is 8.98. The van der Waals surface area contributed by atoms with E-state index in [4.69, 9.17) is 11.6 Å². The number of hydrogen-bond acceptors (Lipinski definition) is 4. The number of carbonyl (C=O) groups excluding carboxylic acids is 1. The van der Waals surface area contributed by atoms with Gasteiger partial charge in [0.1, 0.15) is 0 Å². The van der Waals surface area contributed by atoms with Crippen molar-refractivity contribution in [2.24, 2.45) is 0 Å². The van der Waals surface area contributed by atoms with Crippen molar-refractivity contribution >= 4 is 27.5 Å². The molecule has 9 heteroatoms. The Kier molecular flexibility index (Phi) is 6.68. The van der Waals surface area contributed by atoms with Crippen molar-refractivity contribution in [3.05, 3.63) is 83.4 Å². The molecule has 1 heterocycles. The molecule has 3 rings (SSSR count). The fourth-order valence-corrected chi connectivity index (χ4v) is 4.04. The SMILES string of the molecule is CN(CC(=O)NCc1ccccc1Cn1ccnc1)S(=O)(=O)c1ccc(Cl)cc1. The van der Waals surface area contributed by atoms with E-state index < -0.39 is 10.0 Å². The minimum Gasteiger partial charge on any atom is -0.351 e. The number of imidazole rings is 1. The van der Waals surface area contributed by atoms with Gasteiger partial charge in [-0.2, -0.15) is 4.31 Å². The normalized spacial score (nSPS) is 11.6. The van der Waals surface area contributed by atoms with Gasteiger partial charge in [0.2, 0.25) is 15.9 Å². The molecule has 0 bridgehead atoms. The van der Waals surface area contributed by atoms with Gasteiger partial charge < -0.3 is 9.88 Å².